The summed E-state index contributed by atoms with van der Waals surface area (Å²) in [6.07, 6.45) is 0. The molecule has 5 nitrogen and oxygen atoms in total. The van der Waals surface area contributed by atoms with Crippen molar-refractivity contribution < 1.29 is 18.2 Å². The summed E-state index contributed by atoms with van der Waals surface area (Å²) in [6.45, 7) is 0. The fourth-order valence-corrected chi connectivity index (χ4v) is 0.876. The quantitative estimate of drug-likeness (QED) is 0.344. The summed E-state index contributed by atoms with van der Waals surface area (Å²) in [5, 5.41) is 9.60. The molecule has 0 saturated carbocycles. The summed E-state index contributed by atoms with van der Waals surface area (Å²) in [7, 11) is 0. The van der Waals surface area contributed by atoms with E-state index in [9.17, 15) is 23.4 Å². The largest absolute Gasteiger partial charge is 0.335 e. The number of nitro benzene ring substituents is 1. The van der Waals surface area contributed by atoms with Gasteiger partial charge in [-0.25, -0.2) is 10.2 Å². The molecule has 8 heteroatoms. The van der Waals surface area contributed by atoms with Crippen LogP contribution >= 0.6 is 0 Å². The van der Waals surface area contributed by atoms with Gasteiger partial charge < -0.3 is 0 Å². The zero-order chi connectivity index (χ0) is 10.9. The number of benzene rings is 1. The fourth-order valence-electron chi connectivity index (χ4n) is 0.876. The summed E-state index contributed by atoms with van der Waals surface area (Å²) >= 11 is 0. The maximum atomic E-state index is 12.8. The van der Waals surface area contributed by atoms with Crippen LogP contribution < -0.4 is 11.1 Å². The number of anilines is 1. The molecule has 0 spiro atoms. The van der Waals surface area contributed by atoms with Crippen LogP contribution in [-0.4, -0.2) is 4.92 Å². The van der Waals surface area contributed by atoms with Gasteiger partial charge in [0.15, 0.2) is 11.5 Å². The number of hydrogen-bond acceptors (Lipinski definition) is 4. The zero-order valence-corrected chi connectivity index (χ0v) is 6.58. The van der Waals surface area contributed by atoms with Crippen LogP contribution in [0.5, 0.6) is 0 Å². The van der Waals surface area contributed by atoms with Crippen LogP contribution in [0.25, 0.3) is 0 Å². The molecule has 0 aromatic heterocycles. The summed E-state index contributed by atoms with van der Waals surface area (Å²) in [6, 6.07) is 1.20. The highest BCUT2D eigenvalue weighted by Gasteiger charge is 2.26. The standard InChI is InChI=1S/C6H4F3N3O2/c7-3-1-2-4(11(9)10)6(5(3)8)12(13)14/h1-2H,10H2. The molecule has 0 radical (unpaired) electrons. The van der Waals surface area contributed by atoms with Gasteiger partial charge in [-0.2, -0.15) is 4.39 Å². The van der Waals surface area contributed by atoms with E-state index in [4.69, 9.17) is 0 Å². The van der Waals surface area contributed by atoms with E-state index < -0.39 is 33.2 Å². The highest BCUT2D eigenvalue weighted by atomic mass is 19.2. The van der Waals surface area contributed by atoms with Crippen LogP contribution in [0, 0.1) is 21.7 Å². The highest BCUT2D eigenvalue weighted by molar-refractivity contribution is 5.61. The van der Waals surface area contributed by atoms with Gasteiger partial charge in [0.25, 0.3) is 0 Å². The van der Waals surface area contributed by atoms with Crippen molar-refractivity contribution in [1.29, 1.82) is 0 Å². The van der Waals surface area contributed by atoms with Crippen LogP contribution in [0.15, 0.2) is 12.1 Å². The van der Waals surface area contributed by atoms with E-state index >= 15 is 0 Å². The average Bonchev–Trinajstić information content (AvgIpc) is 2.08. The molecule has 0 atom stereocenters. The monoisotopic (exact) mass is 207 g/mol. The second kappa shape index (κ2) is 3.50. The van der Waals surface area contributed by atoms with Crippen molar-refractivity contribution in [1.82, 2.24) is 0 Å². The SMILES string of the molecule is NN(F)c1ccc(F)c(F)c1[N+](=O)[O-]. The molecule has 76 valence electrons. The van der Waals surface area contributed by atoms with E-state index in [1.807, 2.05) is 0 Å². The average molecular weight is 207 g/mol. The molecule has 1 aromatic rings. The van der Waals surface area contributed by atoms with Crippen molar-refractivity contribution in [2.24, 2.45) is 5.84 Å². The summed E-state index contributed by atoms with van der Waals surface area (Å²) in [4.78, 5) is 8.99. The first-order valence-electron chi connectivity index (χ1n) is 3.28. The van der Waals surface area contributed by atoms with Crippen molar-refractivity contribution in [3.05, 3.63) is 33.9 Å². The number of nitrogens with zero attached hydrogens (tertiary/aromatic N) is 2. The Morgan fingerprint density at radius 2 is 2.00 bits per heavy atom. The molecule has 0 heterocycles. The third kappa shape index (κ3) is 1.59. The van der Waals surface area contributed by atoms with Gasteiger partial charge in [0.2, 0.25) is 5.82 Å². The summed E-state index contributed by atoms with van der Waals surface area (Å²) < 4.78 is 37.7. The van der Waals surface area contributed by atoms with Gasteiger partial charge >= 0.3 is 5.69 Å². The van der Waals surface area contributed by atoms with E-state index in [0.717, 1.165) is 0 Å². The third-order valence-corrected chi connectivity index (χ3v) is 1.46. The molecule has 0 saturated heterocycles. The predicted molar refractivity (Wildman–Crippen MR) is 40.8 cm³/mol. The lowest BCUT2D eigenvalue weighted by atomic mass is 10.2. The second-order valence-electron chi connectivity index (χ2n) is 2.30. The number of nitro groups is 1. The topological polar surface area (TPSA) is 72.4 Å². The molecule has 1 rings (SSSR count). The molecular formula is C6H4F3N3O2. The van der Waals surface area contributed by atoms with Gasteiger partial charge in [0, 0.05) is 0 Å². The Kier molecular flexibility index (Phi) is 2.56. The lowest BCUT2D eigenvalue weighted by molar-refractivity contribution is -0.387. The van der Waals surface area contributed by atoms with E-state index in [0.29, 0.717) is 12.1 Å². The van der Waals surface area contributed by atoms with Crippen molar-refractivity contribution in [3.8, 4) is 0 Å². The Morgan fingerprint density at radius 1 is 1.43 bits per heavy atom. The Morgan fingerprint density at radius 3 is 2.43 bits per heavy atom. The van der Waals surface area contributed by atoms with Gasteiger partial charge in [0.05, 0.1) is 4.92 Å². The third-order valence-electron chi connectivity index (χ3n) is 1.46. The first-order chi connectivity index (χ1) is 6.45. The number of nitrogens with two attached hydrogens (primary N) is 1. The van der Waals surface area contributed by atoms with Crippen LogP contribution in [-0.2, 0) is 0 Å². The van der Waals surface area contributed by atoms with E-state index in [2.05, 4.69) is 5.84 Å². The Bertz CT molecular complexity index is 383. The molecule has 0 fully saturated rings. The van der Waals surface area contributed by atoms with Gasteiger partial charge in [-0.15, -0.1) is 5.23 Å². The smallest absolute Gasteiger partial charge is 0.258 e. The molecule has 0 bridgehead atoms. The predicted octanol–water partition coefficient (Wildman–Crippen LogP) is 1.44. The molecular weight excluding hydrogens is 203 g/mol. The second-order valence-corrected chi connectivity index (χ2v) is 2.30. The number of rotatable bonds is 2. The minimum atomic E-state index is -1.75. The number of hydrogen-bond donors (Lipinski definition) is 1. The Labute approximate surface area is 75.6 Å². The lowest BCUT2D eigenvalue weighted by Gasteiger charge is -2.07. The maximum absolute atomic E-state index is 12.8. The van der Waals surface area contributed by atoms with Gasteiger partial charge in [-0.1, -0.05) is 4.48 Å². The minimum Gasteiger partial charge on any atom is -0.258 e. The molecule has 0 aliphatic carbocycles. The molecule has 14 heavy (non-hydrogen) atoms. The van der Waals surface area contributed by atoms with Crippen LogP contribution in [0.2, 0.25) is 0 Å². The van der Waals surface area contributed by atoms with Gasteiger partial charge in [-0.3, -0.25) is 10.1 Å². The molecule has 2 N–H and O–H groups in total. The first-order valence-corrected chi connectivity index (χ1v) is 3.28. The molecule has 1 aromatic carbocycles. The van der Waals surface area contributed by atoms with Crippen LogP contribution in [0.3, 0.4) is 0 Å². The van der Waals surface area contributed by atoms with E-state index in [-0.39, 0.29) is 0 Å². The van der Waals surface area contributed by atoms with Crippen LogP contribution in [0.4, 0.5) is 24.6 Å². The maximum Gasteiger partial charge on any atom is 0.335 e. The number of hydrazine groups is 1. The fraction of sp³-hybridized carbons (Fsp3) is 0. The first kappa shape index (κ1) is 10.3. The molecule has 0 amide bonds. The van der Waals surface area contributed by atoms with Crippen molar-refractivity contribution in [3.63, 3.8) is 0 Å². The molecule has 0 aliphatic heterocycles. The summed E-state index contributed by atoms with van der Waals surface area (Å²) in [5.74, 6) is 1.35. The normalized spacial score (nSPS) is 10.0. The van der Waals surface area contributed by atoms with E-state index in [1.165, 1.54) is 0 Å². The minimum absolute atomic E-state index is 0.539. The van der Waals surface area contributed by atoms with Crippen LogP contribution in [0.1, 0.15) is 0 Å². The Balaban J connectivity index is 3.45. The van der Waals surface area contributed by atoms with Gasteiger partial charge in [-0.05, 0) is 12.1 Å². The molecule has 0 unspecified atom stereocenters. The van der Waals surface area contributed by atoms with Gasteiger partial charge in [0.1, 0.15) is 0 Å². The molecule has 0 aliphatic rings. The highest BCUT2D eigenvalue weighted by Crippen LogP contribution is 2.30. The Hall–Kier alpha value is -1.83. The van der Waals surface area contributed by atoms with Crippen molar-refractivity contribution in [2.45, 2.75) is 0 Å². The zero-order valence-electron chi connectivity index (χ0n) is 6.58. The van der Waals surface area contributed by atoms with Crippen molar-refractivity contribution >= 4 is 11.4 Å². The van der Waals surface area contributed by atoms with Crippen molar-refractivity contribution in [2.75, 3.05) is 5.23 Å². The van der Waals surface area contributed by atoms with E-state index in [1.54, 1.807) is 0 Å². The number of halogens is 3. The lowest BCUT2D eigenvalue weighted by Crippen LogP contribution is -2.21. The summed E-state index contributed by atoms with van der Waals surface area (Å²) in [5.41, 5.74) is -2.19.